The van der Waals surface area contributed by atoms with Gasteiger partial charge < -0.3 is 14.3 Å². The maximum Gasteiger partial charge on any atom is 0.416 e. The van der Waals surface area contributed by atoms with E-state index in [4.69, 9.17) is 9.72 Å². The molecule has 0 fully saturated rings. The van der Waals surface area contributed by atoms with Crippen molar-refractivity contribution in [3.63, 3.8) is 0 Å². The van der Waals surface area contributed by atoms with Crippen LogP contribution in [0.5, 0.6) is 0 Å². The van der Waals surface area contributed by atoms with E-state index in [0.717, 1.165) is 27.7 Å². The van der Waals surface area contributed by atoms with E-state index in [-0.39, 0.29) is 12.4 Å². The molecule has 0 aliphatic carbocycles. The summed E-state index contributed by atoms with van der Waals surface area (Å²) in [5.74, 6) is 0.0697. The predicted octanol–water partition coefficient (Wildman–Crippen LogP) is 6.51. The van der Waals surface area contributed by atoms with Gasteiger partial charge in [0.2, 0.25) is 0 Å². The number of nitrogens with one attached hydrogen (secondary N) is 1. The number of nitrogens with zero attached hydrogens (tertiary/aromatic N) is 4. The molecule has 0 aliphatic heterocycles. The summed E-state index contributed by atoms with van der Waals surface area (Å²) in [6, 6.07) is 16.3. The second-order valence-electron chi connectivity index (χ2n) is 10.00. The number of anilines is 1. The first-order valence-corrected chi connectivity index (χ1v) is 11.7. The highest BCUT2D eigenvalue weighted by molar-refractivity contribution is 6.09. The zero-order chi connectivity index (χ0) is 25.6. The molecule has 0 saturated carbocycles. The predicted molar refractivity (Wildman–Crippen MR) is 139 cm³/mol. The first kappa shape index (κ1) is 23.5. The zero-order valence-electron chi connectivity index (χ0n) is 21.0. The maximum atomic E-state index is 13.9. The standard InChI is InChI=1S/C28H28FN5O2/c1-17-9-11-18(12-10-17)15-34(27(35)36-28(2,3)4)26-23-24(33(5)16-30-23)21-14-22(31-25(21)32-26)19-7-6-8-20(29)13-19/h6-14,16H,15H2,1-5H3,(H,31,32). The first-order chi connectivity index (χ1) is 17.1. The number of pyridine rings is 1. The number of aromatic amines is 1. The highest BCUT2D eigenvalue weighted by Crippen LogP contribution is 2.34. The number of halogens is 1. The molecule has 36 heavy (non-hydrogen) atoms. The minimum atomic E-state index is -0.688. The Balaban J connectivity index is 1.69. The van der Waals surface area contributed by atoms with Crippen LogP contribution in [0.3, 0.4) is 0 Å². The number of amides is 1. The fourth-order valence-electron chi connectivity index (χ4n) is 4.20. The molecule has 1 N–H and O–H groups in total. The van der Waals surface area contributed by atoms with Gasteiger partial charge in [-0.15, -0.1) is 0 Å². The maximum absolute atomic E-state index is 13.9. The summed E-state index contributed by atoms with van der Waals surface area (Å²) in [6.07, 6.45) is 1.18. The van der Waals surface area contributed by atoms with Crippen molar-refractivity contribution in [2.75, 3.05) is 4.90 Å². The van der Waals surface area contributed by atoms with Crippen molar-refractivity contribution in [1.82, 2.24) is 19.5 Å². The average Bonchev–Trinajstić information content (AvgIpc) is 3.40. The molecule has 0 unspecified atom stereocenters. The molecule has 5 rings (SSSR count). The molecule has 5 aromatic rings. The molecule has 7 nitrogen and oxygen atoms in total. The molecule has 2 aromatic carbocycles. The van der Waals surface area contributed by atoms with Gasteiger partial charge in [0.15, 0.2) is 5.82 Å². The van der Waals surface area contributed by atoms with E-state index in [1.54, 1.807) is 12.4 Å². The highest BCUT2D eigenvalue weighted by atomic mass is 19.1. The van der Waals surface area contributed by atoms with Gasteiger partial charge in [-0.2, -0.15) is 0 Å². The SMILES string of the molecule is Cc1ccc(CN(C(=O)OC(C)(C)C)c2nc3[nH]c(-c4cccc(F)c4)cc3c3c2ncn3C)cc1. The van der Waals surface area contributed by atoms with Gasteiger partial charge in [0, 0.05) is 23.7 Å². The van der Waals surface area contributed by atoms with E-state index >= 15 is 0 Å². The highest BCUT2D eigenvalue weighted by Gasteiger charge is 2.28. The molecule has 8 heteroatoms. The lowest BCUT2D eigenvalue weighted by Gasteiger charge is -2.27. The number of H-pyrrole nitrogens is 1. The topological polar surface area (TPSA) is 76.0 Å². The molecule has 0 aliphatic rings. The van der Waals surface area contributed by atoms with Gasteiger partial charge in [0.1, 0.15) is 22.6 Å². The smallest absolute Gasteiger partial charge is 0.416 e. The van der Waals surface area contributed by atoms with Crippen molar-refractivity contribution in [3.05, 3.63) is 77.9 Å². The van der Waals surface area contributed by atoms with E-state index in [9.17, 15) is 9.18 Å². The monoisotopic (exact) mass is 485 g/mol. The van der Waals surface area contributed by atoms with Gasteiger partial charge in [-0.3, -0.25) is 4.90 Å². The Labute approximate surface area is 208 Å². The van der Waals surface area contributed by atoms with E-state index in [1.165, 1.54) is 17.0 Å². The largest absolute Gasteiger partial charge is 0.443 e. The van der Waals surface area contributed by atoms with Gasteiger partial charge in [-0.05, 0) is 51.5 Å². The summed E-state index contributed by atoms with van der Waals surface area (Å²) in [4.78, 5) is 27.7. The number of aromatic nitrogens is 4. The quantitative estimate of drug-likeness (QED) is 0.315. The fraction of sp³-hybridized carbons (Fsp3) is 0.250. The molecule has 1 amide bonds. The third-order valence-electron chi connectivity index (χ3n) is 5.89. The summed E-state index contributed by atoms with van der Waals surface area (Å²) < 4.78 is 21.6. The van der Waals surface area contributed by atoms with Crippen LogP contribution in [-0.4, -0.2) is 31.2 Å². The number of fused-ring (bicyclic) bond motifs is 3. The molecule has 0 atom stereocenters. The number of ether oxygens (including phenoxy) is 1. The summed E-state index contributed by atoms with van der Waals surface area (Å²) >= 11 is 0. The van der Waals surface area contributed by atoms with Crippen molar-refractivity contribution >= 4 is 34.0 Å². The lowest BCUT2D eigenvalue weighted by molar-refractivity contribution is 0.0577. The summed E-state index contributed by atoms with van der Waals surface area (Å²) in [7, 11) is 1.89. The molecule has 0 spiro atoms. The molecule has 0 bridgehead atoms. The normalized spacial score (nSPS) is 11.8. The second-order valence-corrected chi connectivity index (χ2v) is 10.00. The summed E-state index contributed by atoms with van der Waals surface area (Å²) in [6.45, 7) is 7.77. The molecule has 3 heterocycles. The fourth-order valence-corrected chi connectivity index (χ4v) is 4.20. The Morgan fingerprint density at radius 1 is 1.14 bits per heavy atom. The van der Waals surface area contributed by atoms with Gasteiger partial charge in [0.25, 0.3) is 0 Å². The van der Waals surface area contributed by atoms with Crippen LogP contribution < -0.4 is 4.90 Å². The van der Waals surface area contributed by atoms with Crippen LogP contribution in [0.2, 0.25) is 0 Å². The van der Waals surface area contributed by atoms with Crippen molar-refractivity contribution in [1.29, 1.82) is 0 Å². The number of benzene rings is 2. The van der Waals surface area contributed by atoms with Crippen LogP contribution in [0.25, 0.3) is 33.3 Å². The molecule has 0 radical (unpaired) electrons. The molecule has 0 saturated heterocycles. The number of aryl methyl sites for hydroxylation is 2. The average molecular weight is 486 g/mol. The second kappa shape index (κ2) is 8.78. The van der Waals surface area contributed by atoms with E-state index < -0.39 is 11.7 Å². The number of hydrogen-bond acceptors (Lipinski definition) is 4. The number of rotatable bonds is 4. The van der Waals surface area contributed by atoms with Crippen molar-refractivity contribution < 1.29 is 13.9 Å². The minimum Gasteiger partial charge on any atom is -0.443 e. The third kappa shape index (κ3) is 4.54. The first-order valence-electron chi connectivity index (χ1n) is 11.7. The van der Waals surface area contributed by atoms with Crippen LogP contribution in [0.1, 0.15) is 31.9 Å². The Bertz CT molecular complexity index is 1580. The van der Waals surface area contributed by atoms with Crippen LogP contribution in [0, 0.1) is 12.7 Å². The summed E-state index contributed by atoms with van der Waals surface area (Å²) in [5.41, 5.74) is 4.76. The van der Waals surface area contributed by atoms with Gasteiger partial charge in [-0.1, -0.05) is 42.0 Å². The Kier molecular flexibility index (Phi) is 5.74. The van der Waals surface area contributed by atoms with Gasteiger partial charge in [-0.25, -0.2) is 19.2 Å². The number of hydrogen-bond donors (Lipinski definition) is 1. The van der Waals surface area contributed by atoms with Crippen molar-refractivity contribution in [3.8, 4) is 11.3 Å². The van der Waals surface area contributed by atoms with Crippen LogP contribution in [0.4, 0.5) is 15.0 Å². The van der Waals surface area contributed by atoms with Crippen LogP contribution >= 0.6 is 0 Å². The van der Waals surface area contributed by atoms with Crippen LogP contribution in [0.15, 0.2) is 60.9 Å². The molecule has 3 aromatic heterocycles. The van der Waals surface area contributed by atoms with E-state index in [1.807, 2.05) is 75.7 Å². The Hall–Kier alpha value is -4.20. The number of carbonyl (C=O) groups is 1. The number of imidazole rings is 1. The lowest BCUT2D eigenvalue weighted by Crippen LogP contribution is -2.37. The minimum absolute atomic E-state index is 0.261. The molecular formula is C28H28FN5O2. The van der Waals surface area contributed by atoms with E-state index in [0.29, 0.717) is 22.5 Å². The third-order valence-corrected chi connectivity index (χ3v) is 5.89. The molecular weight excluding hydrogens is 457 g/mol. The van der Waals surface area contributed by atoms with Gasteiger partial charge in [0.05, 0.1) is 18.4 Å². The van der Waals surface area contributed by atoms with Crippen molar-refractivity contribution in [2.24, 2.45) is 7.05 Å². The Morgan fingerprint density at radius 2 is 1.89 bits per heavy atom. The molecule has 184 valence electrons. The lowest BCUT2D eigenvalue weighted by atomic mass is 10.1. The van der Waals surface area contributed by atoms with Gasteiger partial charge >= 0.3 is 6.09 Å². The van der Waals surface area contributed by atoms with Crippen molar-refractivity contribution in [2.45, 2.75) is 39.8 Å². The number of carbonyl (C=O) groups excluding carboxylic acids is 1. The Morgan fingerprint density at radius 3 is 2.58 bits per heavy atom. The summed E-state index contributed by atoms with van der Waals surface area (Å²) in [5, 5.41) is 0.826. The zero-order valence-corrected chi connectivity index (χ0v) is 21.0. The van der Waals surface area contributed by atoms with Crippen LogP contribution in [-0.2, 0) is 18.3 Å². The van der Waals surface area contributed by atoms with E-state index in [2.05, 4.69) is 9.97 Å².